The zero-order valence-corrected chi connectivity index (χ0v) is 14.2. The van der Waals surface area contributed by atoms with Crippen molar-refractivity contribution in [2.75, 3.05) is 13.2 Å². The average molecular weight is 416 g/mol. The number of alkyl halides is 2. The highest BCUT2D eigenvalue weighted by atomic mass is 127. The highest BCUT2D eigenvalue weighted by Gasteiger charge is 2.51. The Bertz CT molecular complexity index is 496. The first kappa shape index (κ1) is 17.8. The van der Waals surface area contributed by atoms with Gasteiger partial charge in [-0.15, -0.1) is 0 Å². The van der Waals surface area contributed by atoms with E-state index in [0.717, 1.165) is 0 Å². The van der Waals surface area contributed by atoms with E-state index in [2.05, 4.69) is 0 Å². The molecule has 1 aromatic carbocycles. The summed E-state index contributed by atoms with van der Waals surface area (Å²) < 4.78 is 50.2. The molecule has 0 radical (unpaired) electrons. The third-order valence-electron chi connectivity index (χ3n) is 2.31. The van der Waals surface area contributed by atoms with E-state index in [4.69, 9.17) is 9.05 Å². The van der Waals surface area contributed by atoms with E-state index in [1.807, 2.05) is 0 Å². The largest absolute Gasteiger partial charge is 0.403 e. The SMILES string of the molecule is CCOP(=O)(OCC)C(F)(F)/C=C(\I)c1ccccc1. The molecule has 3 nitrogen and oxygen atoms in total. The molecule has 0 N–H and O–H groups in total. The number of rotatable bonds is 7. The van der Waals surface area contributed by atoms with Crippen molar-refractivity contribution in [1.29, 1.82) is 0 Å². The molecule has 0 saturated carbocycles. The summed E-state index contributed by atoms with van der Waals surface area (Å²) in [4.78, 5) is 0. The molecule has 1 rings (SSSR count). The summed E-state index contributed by atoms with van der Waals surface area (Å²) in [6.45, 7) is 2.77. The average Bonchev–Trinajstić information content (AvgIpc) is 2.39. The van der Waals surface area contributed by atoms with Crippen LogP contribution in [0, 0.1) is 0 Å². The van der Waals surface area contributed by atoms with Crippen LogP contribution in [0.15, 0.2) is 36.4 Å². The Hall–Kier alpha value is -0.300. The fourth-order valence-electron chi connectivity index (χ4n) is 1.46. The molecule has 0 aliphatic carbocycles. The van der Waals surface area contributed by atoms with E-state index in [-0.39, 0.29) is 16.8 Å². The number of hydrogen-bond donors (Lipinski definition) is 0. The Morgan fingerprint density at radius 2 is 1.75 bits per heavy atom. The minimum absolute atomic E-state index is 0.109. The summed E-state index contributed by atoms with van der Waals surface area (Å²) in [6.07, 6.45) is 0.634. The normalized spacial score (nSPS) is 13.6. The Balaban J connectivity index is 3.11. The molecule has 112 valence electrons. The molecule has 0 saturated heterocycles. The maximum absolute atomic E-state index is 14.2. The van der Waals surface area contributed by atoms with Crippen LogP contribution in [0.25, 0.3) is 3.58 Å². The molecule has 0 bridgehead atoms. The van der Waals surface area contributed by atoms with Crippen molar-refractivity contribution in [1.82, 2.24) is 0 Å². The van der Waals surface area contributed by atoms with Gasteiger partial charge in [0.1, 0.15) is 0 Å². The predicted molar refractivity (Wildman–Crippen MR) is 84.2 cm³/mol. The van der Waals surface area contributed by atoms with Gasteiger partial charge in [-0.05, 0) is 42.0 Å². The molecular weight excluding hydrogens is 400 g/mol. The molecule has 0 amide bonds. The second-order valence-corrected chi connectivity index (χ2v) is 7.05. The van der Waals surface area contributed by atoms with E-state index in [9.17, 15) is 13.3 Å². The van der Waals surface area contributed by atoms with Crippen molar-refractivity contribution in [2.24, 2.45) is 0 Å². The lowest BCUT2D eigenvalue weighted by Gasteiger charge is -2.23. The fraction of sp³-hybridized carbons (Fsp3) is 0.385. The van der Waals surface area contributed by atoms with Crippen LogP contribution in [0.2, 0.25) is 0 Å². The fourth-order valence-corrected chi connectivity index (χ4v) is 3.84. The molecule has 0 fully saturated rings. The van der Waals surface area contributed by atoms with E-state index in [1.54, 1.807) is 52.9 Å². The molecule has 0 aromatic heterocycles. The number of halogens is 3. The van der Waals surface area contributed by atoms with Crippen LogP contribution in [0.5, 0.6) is 0 Å². The van der Waals surface area contributed by atoms with Gasteiger partial charge in [0.2, 0.25) is 0 Å². The number of allylic oxidation sites excluding steroid dienone is 1. The van der Waals surface area contributed by atoms with Crippen LogP contribution in [-0.2, 0) is 13.6 Å². The first-order valence-corrected chi connectivity index (χ1v) is 8.69. The van der Waals surface area contributed by atoms with Crippen molar-refractivity contribution in [3.63, 3.8) is 0 Å². The summed E-state index contributed by atoms with van der Waals surface area (Å²) >= 11 is 1.78. The maximum Gasteiger partial charge on any atom is 0.403 e. The molecule has 0 aliphatic rings. The van der Waals surface area contributed by atoms with E-state index in [1.165, 1.54) is 13.8 Å². The standard InChI is InChI=1S/C13H16F2IO3P/c1-3-18-20(17,19-4-2)13(14,15)10-12(16)11-8-6-5-7-9-11/h5-10H,3-4H2,1-2H3/b12-10-. The molecule has 0 unspecified atom stereocenters. The van der Waals surface area contributed by atoms with Crippen molar-refractivity contribution in [3.05, 3.63) is 42.0 Å². The smallest absolute Gasteiger partial charge is 0.304 e. The van der Waals surface area contributed by atoms with E-state index < -0.39 is 13.3 Å². The summed E-state index contributed by atoms with van der Waals surface area (Å²) in [7, 11) is -4.51. The monoisotopic (exact) mass is 416 g/mol. The van der Waals surface area contributed by atoms with Gasteiger partial charge in [0.05, 0.1) is 13.2 Å². The van der Waals surface area contributed by atoms with Gasteiger partial charge in [-0.25, -0.2) is 0 Å². The molecule has 0 spiro atoms. The maximum atomic E-state index is 14.2. The topological polar surface area (TPSA) is 35.5 Å². The first-order chi connectivity index (χ1) is 9.36. The van der Waals surface area contributed by atoms with Crippen LogP contribution in [0.1, 0.15) is 19.4 Å². The van der Waals surface area contributed by atoms with E-state index in [0.29, 0.717) is 11.6 Å². The third-order valence-corrected chi connectivity index (χ3v) is 5.30. The molecule has 20 heavy (non-hydrogen) atoms. The molecule has 0 atom stereocenters. The zero-order chi connectivity index (χ0) is 15.2. The lowest BCUT2D eigenvalue weighted by molar-refractivity contribution is 0.0799. The quantitative estimate of drug-likeness (QED) is 0.446. The Kier molecular flexibility index (Phi) is 6.78. The van der Waals surface area contributed by atoms with Crippen LogP contribution < -0.4 is 0 Å². The van der Waals surface area contributed by atoms with Crippen LogP contribution in [-0.4, -0.2) is 18.9 Å². The molecule has 7 heteroatoms. The molecule has 0 aliphatic heterocycles. The van der Waals surface area contributed by atoms with Gasteiger partial charge in [-0.3, -0.25) is 4.57 Å². The van der Waals surface area contributed by atoms with E-state index >= 15 is 0 Å². The van der Waals surface area contributed by atoms with Crippen molar-refractivity contribution in [2.45, 2.75) is 19.5 Å². The Morgan fingerprint density at radius 1 is 1.25 bits per heavy atom. The van der Waals surface area contributed by atoms with Crippen molar-refractivity contribution < 1.29 is 22.4 Å². The minimum atomic E-state index is -4.51. The van der Waals surface area contributed by atoms with Crippen LogP contribution >= 0.6 is 30.2 Å². The second-order valence-electron chi connectivity index (χ2n) is 3.78. The Labute approximate surface area is 131 Å². The Morgan fingerprint density at radius 3 is 2.20 bits per heavy atom. The summed E-state index contributed by atoms with van der Waals surface area (Å²) in [5.74, 6) is 0. The minimum Gasteiger partial charge on any atom is -0.304 e. The van der Waals surface area contributed by atoms with Gasteiger partial charge < -0.3 is 9.05 Å². The van der Waals surface area contributed by atoms with Gasteiger partial charge >= 0.3 is 13.3 Å². The predicted octanol–water partition coefficient (Wildman–Crippen LogP) is 5.32. The van der Waals surface area contributed by atoms with Gasteiger partial charge in [0.15, 0.2) is 0 Å². The lowest BCUT2D eigenvalue weighted by Crippen LogP contribution is -2.18. The zero-order valence-electron chi connectivity index (χ0n) is 11.2. The van der Waals surface area contributed by atoms with Crippen molar-refractivity contribution in [3.8, 4) is 0 Å². The molecular formula is C13H16F2IO3P. The second kappa shape index (κ2) is 7.64. The molecule has 1 aromatic rings. The summed E-state index contributed by atoms with van der Waals surface area (Å²) in [5.41, 5.74) is -3.06. The highest BCUT2D eigenvalue weighted by molar-refractivity contribution is 14.1. The van der Waals surface area contributed by atoms with Gasteiger partial charge in [-0.1, -0.05) is 30.3 Å². The van der Waals surface area contributed by atoms with Gasteiger partial charge in [0.25, 0.3) is 0 Å². The summed E-state index contributed by atoms with van der Waals surface area (Å²) in [6, 6.07) is 8.66. The summed E-state index contributed by atoms with van der Waals surface area (Å²) in [5, 5.41) is 0. The van der Waals surface area contributed by atoms with Crippen LogP contribution in [0.3, 0.4) is 0 Å². The van der Waals surface area contributed by atoms with Gasteiger partial charge in [0, 0.05) is 9.66 Å². The number of hydrogen-bond acceptors (Lipinski definition) is 3. The lowest BCUT2D eigenvalue weighted by atomic mass is 10.2. The van der Waals surface area contributed by atoms with Crippen LogP contribution in [0.4, 0.5) is 8.78 Å². The van der Waals surface area contributed by atoms with Crippen molar-refractivity contribution >= 4 is 33.8 Å². The van der Waals surface area contributed by atoms with Gasteiger partial charge in [-0.2, -0.15) is 8.78 Å². The third kappa shape index (κ3) is 4.35. The number of benzene rings is 1. The first-order valence-electron chi connectivity index (χ1n) is 6.07. The molecule has 0 heterocycles. The highest BCUT2D eigenvalue weighted by Crippen LogP contribution is 2.63.